The average molecular weight is 387 g/mol. The summed E-state index contributed by atoms with van der Waals surface area (Å²) < 4.78 is 6.17. The Balaban J connectivity index is 1.31. The highest BCUT2D eigenvalue weighted by Crippen LogP contribution is 2.43. The van der Waals surface area contributed by atoms with E-state index in [1.54, 1.807) is 0 Å². The van der Waals surface area contributed by atoms with Crippen molar-refractivity contribution >= 4 is 5.97 Å². The van der Waals surface area contributed by atoms with Crippen molar-refractivity contribution < 1.29 is 14.6 Å². The topological polar surface area (TPSA) is 61.8 Å². The normalized spacial score (nSPS) is 23.9. The van der Waals surface area contributed by atoms with Crippen LogP contribution in [0.1, 0.15) is 50.5 Å². The van der Waals surface area contributed by atoms with Gasteiger partial charge in [-0.1, -0.05) is 36.8 Å². The molecule has 0 spiro atoms. The molecule has 1 heterocycles. The van der Waals surface area contributed by atoms with Gasteiger partial charge in [0, 0.05) is 24.5 Å². The summed E-state index contributed by atoms with van der Waals surface area (Å²) >= 11 is 0. The Kier molecular flexibility index (Phi) is 6.04. The fraction of sp³-hybridized carbons (Fsp3) is 0.696. The van der Waals surface area contributed by atoms with Crippen LogP contribution in [-0.2, 0) is 16.1 Å². The largest absolute Gasteiger partial charge is 0.481 e. The number of carboxylic acids is 1. The number of nitrogens with zero attached hydrogens (tertiary/aromatic N) is 1. The van der Waals surface area contributed by atoms with E-state index in [0.29, 0.717) is 12.6 Å². The van der Waals surface area contributed by atoms with Crippen LogP contribution in [0.25, 0.3) is 0 Å². The van der Waals surface area contributed by atoms with Crippen LogP contribution in [0.3, 0.4) is 0 Å². The third-order valence-corrected chi connectivity index (χ3v) is 7.07. The molecule has 1 saturated heterocycles. The molecule has 0 atom stereocenters. The summed E-state index contributed by atoms with van der Waals surface area (Å²) in [4.78, 5) is 14.1. The van der Waals surface area contributed by atoms with Gasteiger partial charge in [-0.15, -0.1) is 0 Å². The van der Waals surface area contributed by atoms with E-state index in [1.165, 1.54) is 18.4 Å². The van der Waals surface area contributed by atoms with Gasteiger partial charge in [0.05, 0.1) is 18.6 Å². The second-order valence-electron chi connectivity index (χ2n) is 9.35. The lowest BCUT2D eigenvalue weighted by molar-refractivity contribution is -0.157. The first-order valence-electron chi connectivity index (χ1n) is 10.9. The third kappa shape index (κ3) is 4.76. The smallest absolute Gasteiger partial charge is 0.310 e. The summed E-state index contributed by atoms with van der Waals surface area (Å²) in [6.07, 6.45) is 7.50. The van der Waals surface area contributed by atoms with Crippen LogP contribution in [0.15, 0.2) is 30.3 Å². The molecule has 28 heavy (non-hydrogen) atoms. The van der Waals surface area contributed by atoms with Crippen molar-refractivity contribution in [2.75, 3.05) is 32.8 Å². The van der Waals surface area contributed by atoms with Crippen molar-refractivity contribution in [2.45, 2.75) is 57.6 Å². The van der Waals surface area contributed by atoms with Crippen LogP contribution in [0.2, 0.25) is 0 Å². The fourth-order valence-electron chi connectivity index (χ4n) is 4.64. The molecule has 3 fully saturated rings. The van der Waals surface area contributed by atoms with E-state index >= 15 is 0 Å². The van der Waals surface area contributed by atoms with Gasteiger partial charge in [0.25, 0.3) is 0 Å². The molecule has 5 nitrogen and oxygen atoms in total. The molecule has 0 unspecified atom stereocenters. The van der Waals surface area contributed by atoms with Gasteiger partial charge in [0.1, 0.15) is 0 Å². The molecule has 5 heteroatoms. The van der Waals surface area contributed by atoms with E-state index in [-0.39, 0.29) is 5.41 Å². The van der Waals surface area contributed by atoms with Crippen molar-refractivity contribution in [1.82, 2.24) is 10.2 Å². The molecule has 2 saturated carbocycles. The number of nitrogens with one attached hydrogen (secondary N) is 1. The zero-order valence-electron chi connectivity index (χ0n) is 16.9. The zero-order valence-corrected chi connectivity index (χ0v) is 16.9. The average Bonchev–Trinajstić information content (AvgIpc) is 3.50. The third-order valence-electron chi connectivity index (χ3n) is 7.07. The molecule has 0 radical (unpaired) electrons. The van der Waals surface area contributed by atoms with E-state index in [2.05, 4.69) is 34.5 Å². The summed E-state index contributed by atoms with van der Waals surface area (Å²) in [5.74, 6) is -0.600. The van der Waals surface area contributed by atoms with E-state index in [9.17, 15) is 9.90 Å². The van der Waals surface area contributed by atoms with Crippen molar-refractivity contribution in [1.29, 1.82) is 0 Å². The first-order chi connectivity index (χ1) is 13.6. The van der Waals surface area contributed by atoms with Crippen LogP contribution in [0, 0.1) is 10.8 Å². The molecule has 4 rings (SSSR count). The number of benzene rings is 1. The Morgan fingerprint density at radius 1 is 1.14 bits per heavy atom. The minimum Gasteiger partial charge on any atom is -0.481 e. The summed E-state index contributed by atoms with van der Waals surface area (Å²) in [5, 5.41) is 13.4. The molecule has 0 aromatic heterocycles. The van der Waals surface area contributed by atoms with Crippen molar-refractivity contribution in [3.8, 4) is 0 Å². The first kappa shape index (κ1) is 19.9. The second kappa shape index (κ2) is 8.52. The van der Waals surface area contributed by atoms with E-state index in [4.69, 9.17) is 4.74 Å². The lowest BCUT2D eigenvalue weighted by Gasteiger charge is -2.46. The van der Waals surface area contributed by atoms with Crippen molar-refractivity contribution in [3.63, 3.8) is 0 Å². The maximum atomic E-state index is 11.7. The highest BCUT2D eigenvalue weighted by atomic mass is 16.5. The second-order valence-corrected chi connectivity index (χ2v) is 9.35. The molecule has 154 valence electrons. The number of hydrogen-bond acceptors (Lipinski definition) is 4. The molecular formula is C23H34N2O3. The Morgan fingerprint density at radius 3 is 2.43 bits per heavy atom. The fourth-order valence-corrected chi connectivity index (χ4v) is 4.64. The van der Waals surface area contributed by atoms with Gasteiger partial charge in [-0.2, -0.15) is 0 Å². The summed E-state index contributed by atoms with van der Waals surface area (Å²) in [6, 6.07) is 11.1. The van der Waals surface area contributed by atoms with Gasteiger partial charge in [-0.25, -0.2) is 0 Å². The van der Waals surface area contributed by atoms with Crippen LogP contribution in [0.4, 0.5) is 0 Å². The number of aliphatic carboxylic acids is 1. The Bertz CT molecular complexity index is 647. The van der Waals surface area contributed by atoms with Crippen LogP contribution < -0.4 is 5.32 Å². The van der Waals surface area contributed by atoms with Gasteiger partial charge >= 0.3 is 5.97 Å². The van der Waals surface area contributed by atoms with Gasteiger partial charge in [0.2, 0.25) is 0 Å². The zero-order chi connectivity index (χ0) is 19.5. The minimum absolute atomic E-state index is 0.171. The number of rotatable bonds is 10. The molecule has 1 aromatic rings. The maximum Gasteiger partial charge on any atom is 0.310 e. The van der Waals surface area contributed by atoms with Gasteiger partial charge < -0.3 is 20.1 Å². The lowest BCUT2D eigenvalue weighted by atomic mass is 9.68. The molecule has 0 amide bonds. The van der Waals surface area contributed by atoms with E-state index in [1.807, 2.05) is 6.07 Å². The predicted octanol–water partition coefficient (Wildman–Crippen LogP) is 3.29. The molecule has 2 N–H and O–H groups in total. The molecule has 0 bridgehead atoms. The Morgan fingerprint density at radius 2 is 1.86 bits per heavy atom. The molecule has 3 aliphatic rings. The standard InChI is InChI=1S/C23H34N2O3/c26-21(27)23(9-4-10-23)17-25-13-11-22(12-14-25,16-24-20-7-8-20)18-28-15-19-5-2-1-3-6-19/h1-3,5-6,20,24H,4,7-18H2,(H,26,27). The van der Waals surface area contributed by atoms with Crippen molar-refractivity contribution in [2.24, 2.45) is 10.8 Å². The maximum absolute atomic E-state index is 11.7. The number of piperidine rings is 1. The molecule has 2 aliphatic carbocycles. The van der Waals surface area contributed by atoms with Gasteiger partial charge in [-0.3, -0.25) is 4.79 Å². The van der Waals surface area contributed by atoms with Crippen LogP contribution >= 0.6 is 0 Å². The number of ether oxygens (including phenoxy) is 1. The molecular weight excluding hydrogens is 352 g/mol. The van der Waals surface area contributed by atoms with E-state index in [0.717, 1.165) is 64.9 Å². The number of carbonyl (C=O) groups is 1. The minimum atomic E-state index is -0.600. The number of carboxylic acid groups (broad SMARTS) is 1. The molecule has 1 aromatic carbocycles. The summed E-state index contributed by atoms with van der Waals surface area (Å²) in [7, 11) is 0. The highest BCUT2D eigenvalue weighted by molar-refractivity contribution is 5.76. The quantitative estimate of drug-likeness (QED) is 0.646. The van der Waals surface area contributed by atoms with Gasteiger partial charge in [-0.05, 0) is 57.2 Å². The SMILES string of the molecule is O=C(O)C1(CN2CCC(CNC3CC3)(COCc3ccccc3)CC2)CCC1. The van der Waals surface area contributed by atoms with Gasteiger partial charge in [0.15, 0.2) is 0 Å². The number of hydrogen-bond donors (Lipinski definition) is 2. The first-order valence-corrected chi connectivity index (χ1v) is 10.9. The van der Waals surface area contributed by atoms with E-state index < -0.39 is 11.4 Å². The Labute approximate surface area is 168 Å². The lowest BCUT2D eigenvalue weighted by Crippen LogP contribution is -2.53. The molecule has 1 aliphatic heterocycles. The van der Waals surface area contributed by atoms with Crippen molar-refractivity contribution in [3.05, 3.63) is 35.9 Å². The summed E-state index contributed by atoms with van der Waals surface area (Å²) in [5.41, 5.74) is 0.915. The summed E-state index contributed by atoms with van der Waals surface area (Å²) in [6.45, 7) is 5.15. The number of likely N-dealkylation sites (tertiary alicyclic amines) is 1. The van der Waals surface area contributed by atoms with Crippen LogP contribution in [0.5, 0.6) is 0 Å². The monoisotopic (exact) mass is 386 g/mol. The Hall–Kier alpha value is -1.43. The highest BCUT2D eigenvalue weighted by Gasteiger charge is 2.47. The van der Waals surface area contributed by atoms with Crippen LogP contribution in [-0.4, -0.2) is 54.8 Å². The predicted molar refractivity (Wildman–Crippen MR) is 109 cm³/mol.